The first-order chi connectivity index (χ1) is 11.6. The number of aliphatic hydroxyl groups is 1. The van der Waals surface area contributed by atoms with Crippen LogP contribution >= 0.6 is 11.3 Å². The van der Waals surface area contributed by atoms with Crippen LogP contribution in [0.3, 0.4) is 0 Å². The normalized spacial score (nSPS) is 17.3. The van der Waals surface area contributed by atoms with Crippen LogP contribution in [0.2, 0.25) is 0 Å². The lowest BCUT2D eigenvalue weighted by atomic mass is 9.98. The Balaban J connectivity index is 1.90. The van der Waals surface area contributed by atoms with E-state index in [0.717, 1.165) is 58.1 Å². The summed E-state index contributed by atoms with van der Waals surface area (Å²) in [6, 6.07) is 4.33. The number of piperazine rings is 1. The highest BCUT2D eigenvalue weighted by molar-refractivity contribution is 7.09. The fourth-order valence-corrected chi connectivity index (χ4v) is 3.61. The van der Waals surface area contributed by atoms with E-state index < -0.39 is 5.60 Å². The summed E-state index contributed by atoms with van der Waals surface area (Å²) in [6.45, 7) is 12.6. The van der Waals surface area contributed by atoms with Crippen molar-refractivity contribution in [3.05, 3.63) is 22.4 Å². The number of nitrogens with one attached hydrogen (secondary N) is 1. The zero-order chi connectivity index (χ0) is 17.4. The molecule has 24 heavy (non-hydrogen) atoms. The van der Waals surface area contributed by atoms with Crippen LogP contribution in [0.4, 0.5) is 0 Å². The minimum absolute atomic E-state index is 0.470. The van der Waals surface area contributed by atoms with E-state index in [1.165, 1.54) is 4.88 Å². The van der Waals surface area contributed by atoms with Crippen LogP contribution in [0, 0.1) is 0 Å². The highest BCUT2D eigenvalue weighted by Gasteiger charge is 2.24. The number of aliphatic imine (C=N–C) groups is 1. The number of thiophene rings is 1. The van der Waals surface area contributed by atoms with E-state index in [4.69, 9.17) is 4.99 Å². The number of guanidine groups is 1. The molecule has 5 nitrogen and oxygen atoms in total. The average molecular weight is 353 g/mol. The molecule has 1 aliphatic heterocycles. The Morgan fingerprint density at radius 1 is 1.25 bits per heavy atom. The van der Waals surface area contributed by atoms with Crippen LogP contribution in [0.1, 0.15) is 38.5 Å². The van der Waals surface area contributed by atoms with Crippen molar-refractivity contribution in [3.8, 4) is 0 Å². The molecule has 2 heterocycles. The highest BCUT2D eigenvalue weighted by atomic mass is 32.1. The fourth-order valence-electron chi connectivity index (χ4n) is 2.86. The van der Waals surface area contributed by atoms with E-state index in [9.17, 15) is 5.11 Å². The molecule has 0 bridgehead atoms. The largest absolute Gasteiger partial charge is 0.388 e. The standard InChI is InChI=1S/C18H32N4OS/c1-4-18(23,5-2)15-20-17(19-6-3)22-11-9-21(10-12-22)14-16-8-7-13-24-16/h7-8,13,23H,4-6,9-12,14-15H2,1-3H3,(H,19,20). The summed E-state index contributed by atoms with van der Waals surface area (Å²) in [4.78, 5) is 11.0. The molecule has 2 N–H and O–H groups in total. The average Bonchev–Trinajstić information content (AvgIpc) is 3.12. The van der Waals surface area contributed by atoms with E-state index in [1.54, 1.807) is 0 Å². The molecule has 0 aromatic carbocycles. The molecule has 0 saturated carbocycles. The minimum Gasteiger partial charge on any atom is -0.388 e. The fraction of sp³-hybridized carbons (Fsp3) is 0.722. The molecule has 1 aromatic heterocycles. The van der Waals surface area contributed by atoms with Gasteiger partial charge < -0.3 is 15.3 Å². The number of hydrogen-bond acceptors (Lipinski definition) is 4. The molecule has 0 unspecified atom stereocenters. The van der Waals surface area contributed by atoms with E-state index in [2.05, 4.69) is 39.6 Å². The predicted octanol–water partition coefficient (Wildman–Crippen LogP) is 2.38. The van der Waals surface area contributed by atoms with Crippen LogP contribution in [-0.4, -0.2) is 65.7 Å². The zero-order valence-electron chi connectivity index (χ0n) is 15.3. The minimum atomic E-state index is -0.679. The third-order valence-corrected chi connectivity index (χ3v) is 5.67. The van der Waals surface area contributed by atoms with Crippen LogP contribution < -0.4 is 5.32 Å². The third-order valence-electron chi connectivity index (χ3n) is 4.81. The smallest absolute Gasteiger partial charge is 0.194 e. The molecule has 0 atom stereocenters. The second kappa shape index (κ2) is 9.39. The van der Waals surface area contributed by atoms with E-state index in [0.29, 0.717) is 6.54 Å². The maximum absolute atomic E-state index is 10.5. The van der Waals surface area contributed by atoms with Crippen molar-refractivity contribution < 1.29 is 5.11 Å². The number of hydrogen-bond donors (Lipinski definition) is 2. The van der Waals surface area contributed by atoms with Gasteiger partial charge >= 0.3 is 0 Å². The maximum atomic E-state index is 10.5. The van der Waals surface area contributed by atoms with Gasteiger partial charge in [0, 0.05) is 44.1 Å². The number of nitrogens with zero attached hydrogens (tertiary/aromatic N) is 3. The summed E-state index contributed by atoms with van der Waals surface area (Å²) < 4.78 is 0. The Kier molecular flexibility index (Phi) is 7.52. The first kappa shape index (κ1) is 19.2. The van der Waals surface area contributed by atoms with Gasteiger partial charge in [-0.05, 0) is 31.2 Å². The lowest BCUT2D eigenvalue weighted by Crippen LogP contribution is -2.52. The van der Waals surface area contributed by atoms with Crippen LogP contribution in [0.25, 0.3) is 0 Å². The van der Waals surface area contributed by atoms with E-state index in [-0.39, 0.29) is 0 Å². The lowest BCUT2D eigenvalue weighted by Gasteiger charge is -2.36. The second-order valence-electron chi connectivity index (χ2n) is 6.44. The summed E-state index contributed by atoms with van der Waals surface area (Å²) >= 11 is 1.83. The molecule has 0 aliphatic carbocycles. The molecule has 1 aromatic rings. The van der Waals surface area contributed by atoms with Crippen LogP contribution in [0.15, 0.2) is 22.5 Å². The van der Waals surface area contributed by atoms with Crippen molar-refractivity contribution in [3.63, 3.8) is 0 Å². The Labute approximate surface area is 150 Å². The second-order valence-corrected chi connectivity index (χ2v) is 7.48. The van der Waals surface area contributed by atoms with Crippen LogP contribution in [-0.2, 0) is 6.54 Å². The van der Waals surface area contributed by atoms with Gasteiger partial charge in [0.1, 0.15) is 0 Å². The van der Waals surface area contributed by atoms with Gasteiger partial charge in [0.15, 0.2) is 5.96 Å². The summed E-state index contributed by atoms with van der Waals surface area (Å²) in [7, 11) is 0. The van der Waals surface area contributed by atoms with E-state index in [1.807, 2.05) is 25.2 Å². The summed E-state index contributed by atoms with van der Waals surface area (Å²) in [6.07, 6.45) is 1.47. The van der Waals surface area contributed by atoms with Gasteiger partial charge in [0.25, 0.3) is 0 Å². The lowest BCUT2D eigenvalue weighted by molar-refractivity contribution is 0.0414. The van der Waals surface area contributed by atoms with Crippen molar-refractivity contribution in [2.75, 3.05) is 39.3 Å². The van der Waals surface area contributed by atoms with Crippen molar-refractivity contribution in [2.24, 2.45) is 4.99 Å². The third kappa shape index (κ3) is 5.46. The van der Waals surface area contributed by atoms with Gasteiger partial charge in [-0.3, -0.25) is 9.89 Å². The zero-order valence-corrected chi connectivity index (χ0v) is 16.1. The van der Waals surface area contributed by atoms with Gasteiger partial charge in [-0.15, -0.1) is 11.3 Å². The summed E-state index contributed by atoms with van der Waals surface area (Å²) in [5.41, 5.74) is -0.679. The molecule has 1 saturated heterocycles. The number of rotatable bonds is 7. The Hall–Kier alpha value is -1.11. The Bertz CT molecular complexity index is 491. The van der Waals surface area contributed by atoms with Gasteiger partial charge in [-0.2, -0.15) is 0 Å². The van der Waals surface area contributed by atoms with Gasteiger partial charge in [-0.25, -0.2) is 0 Å². The Morgan fingerprint density at radius 3 is 2.50 bits per heavy atom. The first-order valence-corrected chi connectivity index (χ1v) is 9.98. The highest BCUT2D eigenvalue weighted by Crippen LogP contribution is 2.16. The molecule has 136 valence electrons. The molecule has 6 heteroatoms. The van der Waals surface area contributed by atoms with Gasteiger partial charge in [0.2, 0.25) is 0 Å². The Morgan fingerprint density at radius 2 is 1.96 bits per heavy atom. The maximum Gasteiger partial charge on any atom is 0.194 e. The van der Waals surface area contributed by atoms with Crippen molar-refractivity contribution in [1.29, 1.82) is 0 Å². The molecule has 2 rings (SSSR count). The summed E-state index contributed by atoms with van der Waals surface area (Å²) in [5, 5.41) is 16.0. The van der Waals surface area contributed by atoms with Crippen molar-refractivity contribution >= 4 is 17.3 Å². The van der Waals surface area contributed by atoms with Gasteiger partial charge in [-0.1, -0.05) is 19.9 Å². The van der Waals surface area contributed by atoms with E-state index >= 15 is 0 Å². The molecule has 1 aliphatic rings. The monoisotopic (exact) mass is 352 g/mol. The predicted molar refractivity (Wildman–Crippen MR) is 103 cm³/mol. The van der Waals surface area contributed by atoms with Crippen molar-refractivity contribution in [1.82, 2.24) is 15.1 Å². The molecule has 1 fully saturated rings. The molecule has 0 radical (unpaired) electrons. The molecule has 0 spiro atoms. The van der Waals surface area contributed by atoms with Crippen molar-refractivity contribution in [2.45, 2.75) is 45.8 Å². The SMILES string of the molecule is CCNC(=NCC(O)(CC)CC)N1CCN(Cc2cccs2)CC1. The van der Waals surface area contributed by atoms with Gasteiger partial charge in [0.05, 0.1) is 12.1 Å². The van der Waals surface area contributed by atoms with Crippen LogP contribution in [0.5, 0.6) is 0 Å². The topological polar surface area (TPSA) is 51.1 Å². The first-order valence-electron chi connectivity index (χ1n) is 9.10. The molecular formula is C18H32N4OS. The summed E-state index contributed by atoms with van der Waals surface area (Å²) in [5.74, 6) is 0.939. The quantitative estimate of drug-likeness (QED) is 0.584. The molecular weight excluding hydrogens is 320 g/mol. The molecule has 0 amide bonds.